The predicted molar refractivity (Wildman–Crippen MR) is 167 cm³/mol. The van der Waals surface area contributed by atoms with Gasteiger partial charge in [-0.15, -0.1) is 0 Å². The summed E-state index contributed by atoms with van der Waals surface area (Å²) in [4.78, 5) is 67.4. The quantitative estimate of drug-likeness (QED) is 0.150. The Kier molecular flexibility index (Phi) is 8.74. The van der Waals surface area contributed by atoms with Crippen molar-refractivity contribution in [3.05, 3.63) is 0 Å². The SMILES string of the molecule is CC1C2CCC(C2)C1C1C(=O)OC(=O)C1C1C2CC(CC2C(=O)OC(C)(C)C)C1C1C(C)C2OC1C(C(=O)O)C2C(=O)OCCCCO. The van der Waals surface area contributed by atoms with E-state index >= 15 is 0 Å². The molecule has 4 saturated carbocycles. The summed E-state index contributed by atoms with van der Waals surface area (Å²) in [6.45, 7) is 9.80. The summed E-state index contributed by atoms with van der Waals surface area (Å²) in [5.74, 6) is -6.77. The third kappa shape index (κ3) is 5.31. The number of ether oxygens (including phenoxy) is 4. The van der Waals surface area contributed by atoms with Gasteiger partial charge < -0.3 is 29.2 Å². The molecule has 0 amide bonds. The van der Waals surface area contributed by atoms with Crippen LogP contribution in [0.5, 0.6) is 0 Å². The fraction of sp³-hybridized carbons (Fsp3) is 0.865. The van der Waals surface area contributed by atoms with Gasteiger partial charge in [-0.2, -0.15) is 0 Å². The van der Waals surface area contributed by atoms with E-state index in [0.717, 1.165) is 19.3 Å². The Balaban J connectivity index is 1.23. The minimum Gasteiger partial charge on any atom is -0.481 e. The number of esters is 4. The first-order chi connectivity index (χ1) is 22.7. The molecule has 17 atom stereocenters. The van der Waals surface area contributed by atoms with Crippen molar-refractivity contribution in [2.24, 2.45) is 88.8 Å². The summed E-state index contributed by atoms with van der Waals surface area (Å²) in [6.07, 6.45) is 4.03. The smallest absolute Gasteiger partial charge is 0.317 e. The van der Waals surface area contributed by atoms with Crippen LogP contribution in [0.2, 0.25) is 0 Å². The topological polar surface area (TPSA) is 163 Å². The highest BCUT2D eigenvalue weighted by molar-refractivity contribution is 5.97. The second-order valence-electron chi connectivity index (χ2n) is 17.2. The number of unbranched alkanes of at least 4 members (excludes halogenated alkanes) is 1. The van der Waals surface area contributed by atoms with Crippen LogP contribution in [0, 0.1) is 88.8 Å². The van der Waals surface area contributed by atoms with E-state index in [9.17, 15) is 29.1 Å². The molecule has 11 nitrogen and oxygen atoms in total. The number of aliphatic hydroxyl groups excluding tert-OH is 1. The van der Waals surface area contributed by atoms with Crippen molar-refractivity contribution in [3.8, 4) is 0 Å². The van der Waals surface area contributed by atoms with Gasteiger partial charge in [-0.25, -0.2) is 0 Å². The maximum Gasteiger partial charge on any atom is 0.317 e. The predicted octanol–water partition coefficient (Wildman–Crippen LogP) is 3.88. The number of hydrogen-bond acceptors (Lipinski definition) is 10. The molecule has 0 aromatic rings. The third-order valence-corrected chi connectivity index (χ3v) is 13.9. The largest absolute Gasteiger partial charge is 0.481 e. The molecule has 4 aliphatic carbocycles. The zero-order valence-electron chi connectivity index (χ0n) is 28.7. The van der Waals surface area contributed by atoms with E-state index in [0.29, 0.717) is 43.4 Å². The van der Waals surface area contributed by atoms with Gasteiger partial charge in [0, 0.05) is 6.61 Å². The highest BCUT2D eigenvalue weighted by Gasteiger charge is 2.72. The van der Waals surface area contributed by atoms with Crippen molar-refractivity contribution in [2.45, 2.75) is 97.4 Å². The molecule has 17 unspecified atom stereocenters. The van der Waals surface area contributed by atoms with E-state index < -0.39 is 71.3 Å². The molecular formula is C37H52O11. The number of hydrogen-bond donors (Lipinski definition) is 2. The average Bonchev–Trinajstić information content (AvgIpc) is 3.86. The summed E-state index contributed by atoms with van der Waals surface area (Å²) in [7, 11) is 0. The molecule has 7 rings (SSSR count). The van der Waals surface area contributed by atoms with Crippen molar-refractivity contribution in [3.63, 3.8) is 0 Å². The number of carbonyl (C=O) groups excluding carboxylic acids is 4. The van der Waals surface area contributed by atoms with Gasteiger partial charge in [-0.3, -0.25) is 24.0 Å². The zero-order valence-corrected chi connectivity index (χ0v) is 28.7. The molecular weight excluding hydrogens is 620 g/mol. The summed E-state index contributed by atoms with van der Waals surface area (Å²) in [5.41, 5.74) is -0.680. The first-order valence-electron chi connectivity index (χ1n) is 18.4. The minimum atomic E-state index is -1.12. The Morgan fingerprint density at radius 1 is 0.792 bits per heavy atom. The molecule has 0 aromatic carbocycles. The molecule has 0 aromatic heterocycles. The van der Waals surface area contributed by atoms with Crippen LogP contribution in [0.1, 0.15) is 79.6 Å². The Hall–Kier alpha value is -2.53. The summed E-state index contributed by atoms with van der Waals surface area (Å²) >= 11 is 0. The van der Waals surface area contributed by atoms with Gasteiger partial charge in [0.2, 0.25) is 0 Å². The Labute approximate surface area is 282 Å². The fourth-order valence-electron chi connectivity index (χ4n) is 12.4. The Morgan fingerprint density at radius 2 is 1.48 bits per heavy atom. The molecule has 6 bridgehead atoms. The standard InChI is InChI=1S/C37H52O11/c1-15-17-8-9-18(12-17)22(15)26-27(36(44)47-35(26)43)25-20-13-19(14-21(20)33(41)48-37(3,4)5)24(25)23-16(2)30-29(28(32(39)40)31(23)46-30)34(42)45-11-7-6-10-38/h15-31,38H,6-14H2,1-5H3,(H,39,40). The van der Waals surface area contributed by atoms with Crippen molar-refractivity contribution in [1.29, 1.82) is 0 Å². The molecule has 48 heavy (non-hydrogen) atoms. The molecule has 2 N–H and O–H groups in total. The number of carboxylic acid groups (broad SMARTS) is 1. The van der Waals surface area contributed by atoms with Crippen LogP contribution in [0.4, 0.5) is 0 Å². The van der Waals surface area contributed by atoms with Crippen LogP contribution < -0.4 is 0 Å². The minimum absolute atomic E-state index is 0.00727. The molecule has 7 fully saturated rings. The van der Waals surface area contributed by atoms with Gasteiger partial charge in [0.05, 0.1) is 48.4 Å². The summed E-state index contributed by atoms with van der Waals surface area (Å²) < 4.78 is 23.3. The van der Waals surface area contributed by atoms with Crippen molar-refractivity contribution in [1.82, 2.24) is 0 Å². The maximum absolute atomic E-state index is 13.9. The molecule has 0 radical (unpaired) electrons. The lowest BCUT2D eigenvalue weighted by Crippen LogP contribution is -2.53. The van der Waals surface area contributed by atoms with E-state index in [2.05, 4.69) is 6.92 Å². The molecule has 11 heteroatoms. The number of aliphatic hydroxyl groups is 1. The first kappa shape index (κ1) is 33.9. The van der Waals surface area contributed by atoms with Crippen LogP contribution in [0.3, 0.4) is 0 Å². The zero-order chi connectivity index (χ0) is 34.4. The van der Waals surface area contributed by atoms with E-state index in [1.54, 1.807) is 0 Å². The molecule has 3 aliphatic heterocycles. The van der Waals surface area contributed by atoms with Gasteiger partial charge >= 0.3 is 29.8 Å². The lowest BCUT2D eigenvalue weighted by Gasteiger charge is -2.47. The van der Waals surface area contributed by atoms with E-state index in [4.69, 9.17) is 24.1 Å². The number of carbonyl (C=O) groups is 5. The Morgan fingerprint density at radius 3 is 2.10 bits per heavy atom. The second-order valence-corrected chi connectivity index (χ2v) is 17.2. The molecule has 3 saturated heterocycles. The van der Waals surface area contributed by atoms with Crippen molar-refractivity contribution in [2.75, 3.05) is 13.2 Å². The molecule has 7 aliphatic rings. The monoisotopic (exact) mass is 672 g/mol. The lowest BCUT2D eigenvalue weighted by atomic mass is 9.54. The van der Waals surface area contributed by atoms with Gasteiger partial charge in [0.1, 0.15) is 5.60 Å². The van der Waals surface area contributed by atoms with Crippen LogP contribution >= 0.6 is 0 Å². The van der Waals surface area contributed by atoms with E-state index in [-0.39, 0.29) is 60.6 Å². The number of cyclic esters (lactones) is 2. The highest BCUT2D eigenvalue weighted by atomic mass is 16.6. The second kappa shape index (κ2) is 12.4. The summed E-state index contributed by atoms with van der Waals surface area (Å²) in [5, 5.41) is 19.6. The van der Waals surface area contributed by atoms with Gasteiger partial charge in [0.25, 0.3) is 0 Å². The summed E-state index contributed by atoms with van der Waals surface area (Å²) in [6, 6.07) is 0. The number of aliphatic carboxylic acids is 1. The van der Waals surface area contributed by atoms with Crippen molar-refractivity contribution < 1.29 is 53.1 Å². The van der Waals surface area contributed by atoms with Gasteiger partial charge in [0.15, 0.2) is 0 Å². The van der Waals surface area contributed by atoms with Gasteiger partial charge in [-0.05, 0) is 125 Å². The molecule has 0 spiro atoms. The van der Waals surface area contributed by atoms with E-state index in [1.807, 2.05) is 27.7 Å². The van der Waals surface area contributed by atoms with Crippen LogP contribution in [-0.2, 0) is 42.9 Å². The number of fused-ring (bicyclic) bond motifs is 6. The molecule has 266 valence electrons. The fourth-order valence-corrected chi connectivity index (χ4v) is 12.4. The van der Waals surface area contributed by atoms with Crippen LogP contribution in [-0.4, -0.2) is 71.1 Å². The van der Waals surface area contributed by atoms with Crippen LogP contribution in [0.25, 0.3) is 0 Å². The molecule has 3 heterocycles. The Bertz CT molecular complexity index is 1330. The van der Waals surface area contributed by atoms with E-state index in [1.165, 1.54) is 0 Å². The maximum atomic E-state index is 13.9. The third-order valence-electron chi connectivity index (χ3n) is 13.9. The number of rotatable bonds is 10. The first-order valence-corrected chi connectivity index (χ1v) is 18.4. The normalized spacial score (nSPS) is 47.2. The van der Waals surface area contributed by atoms with Crippen LogP contribution in [0.15, 0.2) is 0 Å². The lowest BCUT2D eigenvalue weighted by molar-refractivity contribution is -0.167. The highest BCUT2D eigenvalue weighted by Crippen LogP contribution is 2.68. The average molecular weight is 673 g/mol. The van der Waals surface area contributed by atoms with Gasteiger partial charge in [-0.1, -0.05) is 13.8 Å². The van der Waals surface area contributed by atoms with Crippen molar-refractivity contribution >= 4 is 29.8 Å². The number of carboxylic acids is 1.